The standard InChI is InChI=1S/C15H17NO3S/c17-15(18)4-2-1-3-9-19-11-5-6-12-13(10-11)16-8-7-14(12)20/h5-8,10H,1-4,9H2,(H,16,20)(H,17,18). The first-order valence-electron chi connectivity index (χ1n) is 6.63. The van der Waals surface area contributed by atoms with E-state index in [0.29, 0.717) is 13.0 Å². The zero-order valence-corrected chi connectivity index (χ0v) is 11.9. The number of aromatic amines is 1. The van der Waals surface area contributed by atoms with Crippen LogP contribution in [-0.4, -0.2) is 22.7 Å². The third-order valence-corrected chi connectivity index (χ3v) is 3.39. The lowest BCUT2D eigenvalue weighted by molar-refractivity contribution is -0.137. The molecule has 0 aliphatic heterocycles. The molecule has 20 heavy (non-hydrogen) atoms. The lowest BCUT2D eigenvalue weighted by Crippen LogP contribution is -1.99. The lowest BCUT2D eigenvalue weighted by Gasteiger charge is -2.07. The van der Waals surface area contributed by atoms with Crippen molar-refractivity contribution < 1.29 is 14.6 Å². The molecule has 2 N–H and O–H groups in total. The van der Waals surface area contributed by atoms with Crippen LogP contribution in [0.2, 0.25) is 0 Å². The van der Waals surface area contributed by atoms with Gasteiger partial charge in [0.25, 0.3) is 0 Å². The monoisotopic (exact) mass is 291 g/mol. The van der Waals surface area contributed by atoms with Crippen molar-refractivity contribution in [1.82, 2.24) is 4.98 Å². The predicted octanol–water partition coefficient (Wildman–Crippen LogP) is 3.92. The molecule has 106 valence electrons. The number of carboxylic acid groups (broad SMARTS) is 1. The lowest BCUT2D eigenvalue weighted by atomic mass is 10.2. The Balaban J connectivity index is 1.85. The number of fused-ring (bicyclic) bond motifs is 1. The van der Waals surface area contributed by atoms with Gasteiger partial charge in [-0.3, -0.25) is 4.79 Å². The smallest absolute Gasteiger partial charge is 0.303 e. The Bertz CT molecular complexity index is 651. The van der Waals surface area contributed by atoms with Crippen LogP contribution in [0.15, 0.2) is 30.5 Å². The minimum atomic E-state index is -0.740. The molecular formula is C15H17NO3S. The van der Waals surface area contributed by atoms with E-state index in [1.807, 2.05) is 30.5 Å². The summed E-state index contributed by atoms with van der Waals surface area (Å²) in [6, 6.07) is 7.65. The van der Waals surface area contributed by atoms with Crippen molar-refractivity contribution >= 4 is 29.1 Å². The third kappa shape index (κ3) is 4.06. The second-order valence-electron chi connectivity index (χ2n) is 4.60. The van der Waals surface area contributed by atoms with Crippen LogP contribution in [0.1, 0.15) is 25.7 Å². The average molecular weight is 291 g/mol. The predicted molar refractivity (Wildman–Crippen MR) is 80.7 cm³/mol. The van der Waals surface area contributed by atoms with E-state index in [4.69, 9.17) is 22.1 Å². The molecular weight excluding hydrogens is 274 g/mol. The number of ether oxygens (including phenoxy) is 1. The highest BCUT2D eigenvalue weighted by atomic mass is 32.1. The van der Waals surface area contributed by atoms with Gasteiger partial charge in [0.15, 0.2) is 0 Å². The number of aromatic nitrogens is 1. The van der Waals surface area contributed by atoms with E-state index in [1.54, 1.807) is 0 Å². The van der Waals surface area contributed by atoms with E-state index < -0.39 is 5.97 Å². The molecule has 2 aromatic rings. The number of benzene rings is 1. The van der Waals surface area contributed by atoms with Gasteiger partial charge in [0.05, 0.1) is 12.1 Å². The van der Waals surface area contributed by atoms with Crippen molar-refractivity contribution in [3.8, 4) is 5.75 Å². The molecule has 0 bridgehead atoms. The van der Waals surface area contributed by atoms with Crippen LogP contribution in [0.25, 0.3) is 10.9 Å². The molecule has 0 atom stereocenters. The summed E-state index contributed by atoms with van der Waals surface area (Å²) >= 11 is 5.24. The minimum Gasteiger partial charge on any atom is -0.494 e. The maximum Gasteiger partial charge on any atom is 0.303 e. The zero-order valence-electron chi connectivity index (χ0n) is 11.1. The Hall–Kier alpha value is -1.88. The number of carbonyl (C=O) groups is 1. The molecule has 0 spiro atoms. The van der Waals surface area contributed by atoms with Gasteiger partial charge in [0.1, 0.15) is 5.75 Å². The van der Waals surface area contributed by atoms with Crippen molar-refractivity contribution in [3.05, 3.63) is 35.0 Å². The highest BCUT2D eigenvalue weighted by molar-refractivity contribution is 7.71. The molecule has 1 heterocycles. The van der Waals surface area contributed by atoms with E-state index in [9.17, 15) is 4.79 Å². The average Bonchev–Trinajstić information content (AvgIpc) is 2.42. The van der Waals surface area contributed by atoms with Gasteiger partial charge in [-0.25, -0.2) is 0 Å². The number of rotatable bonds is 7. The van der Waals surface area contributed by atoms with Crippen LogP contribution in [0.5, 0.6) is 5.75 Å². The molecule has 0 saturated heterocycles. The van der Waals surface area contributed by atoms with Gasteiger partial charge in [-0.05, 0) is 37.5 Å². The number of pyridine rings is 1. The summed E-state index contributed by atoms with van der Waals surface area (Å²) in [6.45, 7) is 0.596. The molecule has 4 nitrogen and oxygen atoms in total. The number of aliphatic carboxylic acids is 1. The summed E-state index contributed by atoms with van der Waals surface area (Å²) in [6.07, 6.45) is 4.47. The number of hydrogen-bond donors (Lipinski definition) is 2. The molecule has 1 aromatic heterocycles. The quantitative estimate of drug-likeness (QED) is 0.599. The van der Waals surface area contributed by atoms with Crippen molar-refractivity contribution in [2.45, 2.75) is 25.7 Å². The molecule has 0 aliphatic rings. The Kier molecular flexibility index (Phi) is 5.12. The first kappa shape index (κ1) is 14.5. The van der Waals surface area contributed by atoms with Crippen molar-refractivity contribution in [1.29, 1.82) is 0 Å². The van der Waals surface area contributed by atoms with Crippen molar-refractivity contribution in [2.75, 3.05) is 6.61 Å². The molecule has 1 aromatic carbocycles. The van der Waals surface area contributed by atoms with Gasteiger partial charge in [-0.15, -0.1) is 0 Å². The third-order valence-electron chi connectivity index (χ3n) is 3.03. The summed E-state index contributed by atoms with van der Waals surface area (Å²) in [5.41, 5.74) is 0.959. The summed E-state index contributed by atoms with van der Waals surface area (Å²) in [7, 11) is 0. The zero-order chi connectivity index (χ0) is 14.4. The Morgan fingerprint density at radius 3 is 2.90 bits per heavy atom. The topological polar surface area (TPSA) is 62.3 Å². The number of carboxylic acids is 1. The van der Waals surface area contributed by atoms with Crippen LogP contribution in [0, 0.1) is 4.51 Å². The van der Waals surface area contributed by atoms with Crippen LogP contribution >= 0.6 is 12.2 Å². The summed E-state index contributed by atoms with van der Waals surface area (Å²) in [5.74, 6) is 0.0586. The molecule has 0 unspecified atom stereocenters. The molecule has 0 radical (unpaired) electrons. The Labute approximate surface area is 122 Å². The number of hydrogen-bond acceptors (Lipinski definition) is 3. The van der Waals surface area contributed by atoms with E-state index in [2.05, 4.69) is 4.98 Å². The Morgan fingerprint density at radius 2 is 2.10 bits per heavy atom. The maximum absolute atomic E-state index is 10.4. The van der Waals surface area contributed by atoms with Gasteiger partial charge in [-0.1, -0.05) is 12.2 Å². The van der Waals surface area contributed by atoms with Crippen LogP contribution < -0.4 is 4.74 Å². The minimum absolute atomic E-state index is 0.229. The summed E-state index contributed by atoms with van der Waals surface area (Å²) < 4.78 is 6.48. The first-order valence-corrected chi connectivity index (χ1v) is 7.04. The number of nitrogens with one attached hydrogen (secondary N) is 1. The highest BCUT2D eigenvalue weighted by Gasteiger charge is 2.00. The molecule has 0 fully saturated rings. The van der Waals surface area contributed by atoms with E-state index in [0.717, 1.165) is 34.0 Å². The fourth-order valence-electron chi connectivity index (χ4n) is 1.99. The molecule has 2 rings (SSSR count). The SMILES string of the molecule is O=C(O)CCCCCOc1ccc2c(=S)cc[nH]c2c1. The first-order chi connectivity index (χ1) is 9.66. The van der Waals surface area contributed by atoms with E-state index >= 15 is 0 Å². The van der Waals surface area contributed by atoms with Crippen molar-refractivity contribution in [2.24, 2.45) is 0 Å². The number of H-pyrrole nitrogens is 1. The highest BCUT2D eigenvalue weighted by Crippen LogP contribution is 2.20. The van der Waals surface area contributed by atoms with Gasteiger partial charge in [0.2, 0.25) is 0 Å². The van der Waals surface area contributed by atoms with Gasteiger partial charge < -0.3 is 14.8 Å². The second kappa shape index (κ2) is 7.05. The number of unbranched alkanes of at least 4 members (excludes halogenated alkanes) is 2. The summed E-state index contributed by atoms with van der Waals surface area (Å²) in [5, 5.41) is 9.54. The van der Waals surface area contributed by atoms with Gasteiger partial charge in [-0.2, -0.15) is 0 Å². The fourth-order valence-corrected chi connectivity index (χ4v) is 2.24. The van der Waals surface area contributed by atoms with E-state index in [-0.39, 0.29) is 6.42 Å². The molecule has 0 saturated carbocycles. The maximum atomic E-state index is 10.4. The second-order valence-corrected chi connectivity index (χ2v) is 5.04. The molecule has 0 aliphatic carbocycles. The fraction of sp³-hybridized carbons (Fsp3) is 0.333. The van der Waals surface area contributed by atoms with Gasteiger partial charge >= 0.3 is 5.97 Å². The Morgan fingerprint density at radius 1 is 1.25 bits per heavy atom. The van der Waals surface area contributed by atoms with Crippen LogP contribution in [0.4, 0.5) is 0 Å². The molecule has 5 heteroatoms. The normalized spacial score (nSPS) is 10.6. The molecule has 0 amide bonds. The van der Waals surface area contributed by atoms with Crippen LogP contribution in [0.3, 0.4) is 0 Å². The van der Waals surface area contributed by atoms with Crippen LogP contribution in [-0.2, 0) is 4.79 Å². The largest absolute Gasteiger partial charge is 0.494 e. The van der Waals surface area contributed by atoms with Gasteiger partial charge in [0, 0.05) is 28.6 Å². The van der Waals surface area contributed by atoms with E-state index in [1.165, 1.54) is 0 Å². The summed E-state index contributed by atoms with van der Waals surface area (Å²) in [4.78, 5) is 13.5. The van der Waals surface area contributed by atoms with Crippen molar-refractivity contribution in [3.63, 3.8) is 0 Å².